The second-order valence-corrected chi connectivity index (χ2v) is 5.18. The normalized spacial score (nSPS) is 13.0. The van der Waals surface area contributed by atoms with Crippen LogP contribution in [0.2, 0.25) is 0 Å². The Kier molecular flexibility index (Phi) is 4.58. The van der Waals surface area contributed by atoms with Crippen molar-refractivity contribution in [2.45, 2.75) is 19.0 Å². The number of nitrogens with zero attached hydrogens (tertiary/aromatic N) is 3. The number of thiazole rings is 1. The van der Waals surface area contributed by atoms with E-state index >= 15 is 0 Å². The van der Waals surface area contributed by atoms with E-state index in [0.29, 0.717) is 6.54 Å². The van der Waals surface area contributed by atoms with Gasteiger partial charge < -0.3 is 5.32 Å². The number of rotatable bonds is 5. The molecule has 1 unspecified atom stereocenters. The van der Waals surface area contributed by atoms with Crippen LogP contribution in [0.15, 0.2) is 17.6 Å². The number of nitrogens with two attached hydrogens (primary N) is 1. The summed E-state index contributed by atoms with van der Waals surface area (Å²) in [6, 6.07) is 0.843. The topological polar surface area (TPSA) is 88.8 Å². The fourth-order valence-corrected chi connectivity index (χ4v) is 2.27. The molecule has 0 fully saturated rings. The van der Waals surface area contributed by atoms with E-state index in [2.05, 4.69) is 20.3 Å². The second kappa shape index (κ2) is 6.22. The van der Waals surface area contributed by atoms with Gasteiger partial charge in [-0.05, 0) is 0 Å². The molecule has 0 amide bonds. The molecule has 0 saturated heterocycles. The van der Waals surface area contributed by atoms with Gasteiger partial charge in [0, 0.05) is 30.1 Å². The number of nitrogens with one attached hydrogen (secondary N) is 2. The Morgan fingerprint density at radius 2 is 2.14 bits per heavy atom. The van der Waals surface area contributed by atoms with Gasteiger partial charge in [-0.3, -0.25) is 5.43 Å². The molecule has 0 radical (unpaired) electrons. The summed E-state index contributed by atoms with van der Waals surface area (Å²) in [6.07, 6.45) is -2.88. The molecule has 0 bridgehead atoms. The average Bonchev–Trinajstić information content (AvgIpc) is 2.97. The number of hydrogen-bond acceptors (Lipinski definition) is 7. The zero-order valence-corrected chi connectivity index (χ0v) is 11.8. The molecule has 2 aromatic heterocycles. The molecule has 2 heterocycles. The third-order valence-electron chi connectivity index (χ3n) is 2.61. The lowest BCUT2D eigenvalue weighted by molar-refractivity contribution is -0.141. The summed E-state index contributed by atoms with van der Waals surface area (Å²) in [5.41, 5.74) is 0.962. The van der Waals surface area contributed by atoms with E-state index in [4.69, 9.17) is 5.84 Å². The molecule has 0 aliphatic carbocycles. The van der Waals surface area contributed by atoms with Gasteiger partial charge in [0.25, 0.3) is 0 Å². The number of aromatic nitrogens is 3. The molecular weight excluding hydrogens is 305 g/mol. The molecular formula is C11H13F3N6S. The summed E-state index contributed by atoms with van der Waals surface area (Å²) in [5.74, 6) is 4.88. The van der Waals surface area contributed by atoms with Gasteiger partial charge in [0.15, 0.2) is 5.69 Å². The standard InChI is InChI=1S/C11H13F3N6S/c1-6(9-16-2-3-21-9)5-17-8-4-7(11(12,13)14)18-10(19-8)20-15/h2-4,6H,5,15H2,1H3,(H2,17,18,19,20). The number of anilines is 2. The third kappa shape index (κ3) is 4.02. The largest absolute Gasteiger partial charge is 0.433 e. The fourth-order valence-electron chi connectivity index (χ4n) is 1.57. The van der Waals surface area contributed by atoms with Crippen LogP contribution in [0.4, 0.5) is 24.9 Å². The molecule has 114 valence electrons. The van der Waals surface area contributed by atoms with Crippen molar-refractivity contribution in [1.82, 2.24) is 15.0 Å². The maximum atomic E-state index is 12.7. The van der Waals surface area contributed by atoms with Crippen molar-refractivity contribution >= 4 is 23.1 Å². The van der Waals surface area contributed by atoms with Crippen LogP contribution in [0.3, 0.4) is 0 Å². The summed E-state index contributed by atoms with van der Waals surface area (Å²) in [5, 5.41) is 5.58. The van der Waals surface area contributed by atoms with Crippen molar-refractivity contribution in [3.05, 3.63) is 28.3 Å². The van der Waals surface area contributed by atoms with Crippen molar-refractivity contribution in [3.63, 3.8) is 0 Å². The predicted molar refractivity (Wildman–Crippen MR) is 73.9 cm³/mol. The smallest absolute Gasteiger partial charge is 0.369 e. The number of nitrogen functional groups attached to an aromatic ring is 1. The first kappa shape index (κ1) is 15.4. The number of hydrazine groups is 1. The van der Waals surface area contributed by atoms with E-state index in [1.807, 2.05) is 17.7 Å². The number of halogens is 3. The van der Waals surface area contributed by atoms with Crippen LogP contribution in [-0.4, -0.2) is 21.5 Å². The molecule has 0 aliphatic heterocycles. The first-order chi connectivity index (χ1) is 9.90. The van der Waals surface area contributed by atoms with Crippen LogP contribution in [0.25, 0.3) is 0 Å². The van der Waals surface area contributed by atoms with Gasteiger partial charge in [0.2, 0.25) is 5.95 Å². The highest BCUT2D eigenvalue weighted by atomic mass is 32.1. The Hall–Kier alpha value is -1.94. The monoisotopic (exact) mass is 318 g/mol. The summed E-state index contributed by atoms with van der Waals surface area (Å²) < 4.78 is 38.1. The van der Waals surface area contributed by atoms with E-state index in [9.17, 15) is 13.2 Å². The maximum Gasteiger partial charge on any atom is 0.433 e. The molecule has 0 spiro atoms. The molecule has 0 aromatic carbocycles. The van der Waals surface area contributed by atoms with E-state index in [1.54, 1.807) is 6.20 Å². The van der Waals surface area contributed by atoms with Gasteiger partial charge in [0.1, 0.15) is 5.82 Å². The minimum atomic E-state index is -4.56. The Balaban J connectivity index is 2.12. The summed E-state index contributed by atoms with van der Waals surface area (Å²) in [4.78, 5) is 11.3. The fraction of sp³-hybridized carbons (Fsp3) is 0.364. The molecule has 4 N–H and O–H groups in total. The van der Waals surface area contributed by atoms with Crippen molar-refractivity contribution in [2.75, 3.05) is 17.3 Å². The van der Waals surface area contributed by atoms with Crippen LogP contribution in [0.5, 0.6) is 0 Å². The van der Waals surface area contributed by atoms with Crippen LogP contribution < -0.4 is 16.6 Å². The second-order valence-electron chi connectivity index (χ2n) is 4.26. The number of hydrogen-bond donors (Lipinski definition) is 3. The minimum absolute atomic E-state index is 0.0450. The SMILES string of the molecule is CC(CNc1cc(C(F)(F)F)nc(NN)n1)c1nccs1. The van der Waals surface area contributed by atoms with Crippen LogP contribution in [0.1, 0.15) is 23.5 Å². The maximum absolute atomic E-state index is 12.7. The molecule has 10 heteroatoms. The summed E-state index contributed by atoms with van der Waals surface area (Å²) in [7, 11) is 0. The Morgan fingerprint density at radius 3 is 2.71 bits per heavy atom. The quantitative estimate of drug-likeness (QED) is 0.580. The molecule has 1 atom stereocenters. The average molecular weight is 318 g/mol. The van der Waals surface area contributed by atoms with E-state index < -0.39 is 11.9 Å². The van der Waals surface area contributed by atoms with Crippen LogP contribution in [0, 0.1) is 0 Å². The van der Waals surface area contributed by atoms with Gasteiger partial charge in [0.05, 0.1) is 5.01 Å². The van der Waals surface area contributed by atoms with Crippen LogP contribution >= 0.6 is 11.3 Å². The van der Waals surface area contributed by atoms with Crippen molar-refractivity contribution in [1.29, 1.82) is 0 Å². The Bertz CT molecular complexity index is 586. The first-order valence-corrected chi connectivity index (χ1v) is 6.84. The predicted octanol–water partition coefficient (Wildman–Crippen LogP) is 2.45. The molecule has 2 aromatic rings. The van der Waals surface area contributed by atoms with Crippen LogP contribution in [-0.2, 0) is 6.18 Å². The van der Waals surface area contributed by atoms with E-state index in [1.165, 1.54) is 11.3 Å². The first-order valence-electron chi connectivity index (χ1n) is 5.96. The van der Waals surface area contributed by atoms with Gasteiger partial charge in [-0.1, -0.05) is 6.92 Å². The van der Waals surface area contributed by atoms with Gasteiger partial charge >= 0.3 is 6.18 Å². The zero-order valence-electron chi connectivity index (χ0n) is 11.0. The highest BCUT2D eigenvalue weighted by Gasteiger charge is 2.33. The minimum Gasteiger partial charge on any atom is -0.369 e. The molecule has 6 nitrogen and oxygen atoms in total. The van der Waals surface area contributed by atoms with Crippen molar-refractivity contribution < 1.29 is 13.2 Å². The lowest BCUT2D eigenvalue weighted by Crippen LogP contribution is -2.18. The Morgan fingerprint density at radius 1 is 1.38 bits per heavy atom. The Labute approximate surface area is 122 Å². The summed E-state index contributed by atoms with van der Waals surface area (Å²) in [6.45, 7) is 2.31. The molecule has 0 aliphatic rings. The highest BCUT2D eigenvalue weighted by Crippen LogP contribution is 2.29. The molecule has 2 rings (SSSR count). The lowest BCUT2D eigenvalue weighted by Gasteiger charge is -2.13. The highest BCUT2D eigenvalue weighted by molar-refractivity contribution is 7.09. The van der Waals surface area contributed by atoms with Gasteiger partial charge in [-0.25, -0.2) is 15.8 Å². The van der Waals surface area contributed by atoms with Gasteiger partial charge in [-0.2, -0.15) is 18.2 Å². The van der Waals surface area contributed by atoms with E-state index in [-0.39, 0.29) is 17.7 Å². The van der Waals surface area contributed by atoms with Crippen molar-refractivity contribution in [3.8, 4) is 0 Å². The number of alkyl halides is 3. The van der Waals surface area contributed by atoms with Crippen molar-refractivity contribution in [2.24, 2.45) is 5.84 Å². The lowest BCUT2D eigenvalue weighted by atomic mass is 10.2. The zero-order chi connectivity index (χ0) is 15.5. The molecule has 0 saturated carbocycles. The van der Waals surface area contributed by atoms with E-state index in [0.717, 1.165) is 11.1 Å². The third-order valence-corrected chi connectivity index (χ3v) is 3.62. The van der Waals surface area contributed by atoms with Gasteiger partial charge in [-0.15, -0.1) is 11.3 Å². The summed E-state index contributed by atoms with van der Waals surface area (Å²) >= 11 is 1.49. The molecule has 21 heavy (non-hydrogen) atoms.